The van der Waals surface area contributed by atoms with Gasteiger partial charge in [-0.25, -0.2) is 0 Å². The zero-order chi connectivity index (χ0) is 37.4. The number of allylic oxidation sites excluding steroid dienone is 5. The molecule has 2 N–H and O–H groups in total. The molecule has 56 heavy (non-hydrogen) atoms. The van der Waals surface area contributed by atoms with Crippen molar-refractivity contribution in [3.8, 4) is 33.4 Å². The number of rotatable bonds is 7. The first-order chi connectivity index (χ1) is 27.7. The Kier molecular flexibility index (Phi) is 8.49. The number of nitrogens with one attached hydrogen (secondary N) is 2. The van der Waals surface area contributed by atoms with Gasteiger partial charge in [-0.15, -0.1) is 0 Å². The number of nitrogens with zero attached hydrogens (tertiary/aromatic N) is 2. The van der Waals surface area contributed by atoms with Gasteiger partial charge in [0.1, 0.15) is 6.67 Å². The van der Waals surface area contributed by atoms with E-state index in [-0.39, 0.29) is 0 Å². The lowest BCUT2D eigenvalue weighted by Gasteiger charge is -2.19. The van der Waals surface area contributed by atoms with E-state index in [0.717, 1.165) is 46.3 Å². The topological polar surface area (TPSA) is 61.1 Å². The number of fused-ring (bicyclic) bond motifs is 4. The summed E-state index contributed by atoms with van der Waals surface area (Å²) < 4.78 is 0. The molecule has 0 atom stereocenters. The fourth-order valence-corrected chi connectivity index (χ4v) is 8.40. The molecule has 2 aliphatic carbocycles. The van der Waals surface area contributed by atoms with E-state index in [2.05, 4.69) is 163 Å². The Morgan fingerprint density at radius 2 is 1.23 bits per heavy atom. The van der Waals surface area contributed by atoms with E-state index in [9.17, 15) is 0 Å². The van der Waals surface area contributed by atoms with Crippen LogP contribution in [0, 0.1) is 5.41 Å². The fraction of sp³-hybridized carbons (Fsp3) is 0.0577. The highest BCUT2D eigenvalue weighted by Crippen LogP contribution is 2.44. The van der Waals surface area contributed by atoms with Crippen LogP contribution in [0.2, 0.25) is 0 Å². The lowest BCUT2D eigenvalue weighted by molar-refractivity contribution is 0.965. The van der Waals surface area contributed by atoms with E-state index < -0.39 is 0 Å². The highest BCUT2D eigenvalue weighted by atomic mass is 15.0. The summed E-state index contributed by atoms with van der Waals surface area (Å²) in [7, 11) is 0. The van der Waals surface area contributed by atoms with Crippen molar-refractivity contribution in [3.63, 3.8) is 0 Å². The molecule has 0 amide bonds. The summed E-state index contributed by atoms with van der Waals surface area (Å²) in [6.45, 7) is 0.341. The molecule has 0 unspecified atom stereocenters. The molecule has 1 heterocycles. The van der Waals surface area contributed by atoms with Gasteiger partial charge in [0, 0.05) is 22.8 Å². The molecule has 2 aliphatic rings. The summed E-state index contributed by atoms with van der Waals surface area (Å²) in [5, 5.41) is 19.5. The molecule has 0 saturated carbocycles. The molecular formula is C52H38N4. The predicted octanol–water partition coefficient (Wildman–Crippen LogP) is 13.0. The van der Waals surface area contributed by atoms with Crippen LogP contribution in [0.5, 0.6) is 0 Å². The monoisotopic (exact) mass is 718 g/mol. The zero-order valence-electron chi connectivity index (χ0n) is 30.8. The van der Waals surface area contributed by atoms with Gasteiger partial charge >= 0.3 is 0 Å². The Balaban J connectivity index is 1.01. The Morgan fingerprint density at radius 3 is 1.98 bits per heavy atom. The van der Waals surface area contributed by atoms with Gasteiger partial charge in [-0.3, -0.25) is 15.4 Å². The molecule has 1 aromatic heterocycles. The standard InChI is InChI=1S/C52H38N4/c53-47-27-24-37(31-50(47)56-33-55-49-28-26-40(41-18-8-9-19-42(41)49)39-29-38-17-7-12-22-48(38)54-32-39)36-23-25-45-46(30-36)52(35-15-5-2-6-16-35)44-21-11-10-20-43(44)51(45)34-13-3-1-4-14-34/h1-6,8-16,18-32,53,55H,7,17,33H2. The number of hydrogen-bond donors (Lipinski definition) is 2. The Hall–Kier alpha value is -7.17. The van der Waals surface area contributed by atoms with Gasteiger partial charge in [0.05, 0.1) is 17.1 Å². The molecule has 10 rings (SSSR count). The second-order valence-corrected chi connectivity index (χ2v) is 14.4. The van der Waals surface area contributed by atoms with E-state index in [1.807, 2.05) is 24.4 Å². The molecule has 7 aromatic carbocycles. The number of benzene rings is 7. The molecule has 0 aliphatic heterocycles. The van der Waals surface area contributed by atoms with Crippen molar-refractivity contribution in [2.45, 2.75) is 12.8 Å². The van der Waals surface area contributed by atoms with Crippen molar-refractivity contribution >= 4 is 61.1 Å². The van der Waals surface area contributed by atoms with Crippen LogP contribution in [0.4, 0.5) is 5.69 Å². The third kappa shape index (κ3) is 6.02. The van der Waals surface area contributed by atoms with Crippen molar-refractivity contribution in [3.05, 3.63) is 193 Å². The minimum Gasteiger partial charge on any atom is -0.366 e. The molecule has 0 saturated heterocycles. The van der Waals surface area contributed by atoms with Gasteiger partial charge < -0.3 is 5.32 Å². The first kappa shape index (κ1) is 33.4. The third-order valence-corrected chi connectivity index (χ3v) is 11.1. The van der Waals surface area contributed by atoms with Crippen molar-refractivity contribution in [1.82, 2.24) is 4.98 Å². The van der Waals surface area contributed by atoms with Gasteiger partial charge in [-0.1, -0.05) is 140 Å². The molecular weight excluding hydrogens is 681 g/mol. The summed E-state index contributed by atoms with van der Waals surface area (Å²) in [5.41, 5.74) is 13.7. The molecule has 266 valence electrons. The third-order valence-electron chi connectivity index (χ3n) is 11.1. The smallest absolute Gasteiger partial charge is 0.108 e. The van der Waals surface area contributed by atoms with Crippen molar-refractivity contribution in [2.75, 3.05) is 12.0 Å². The first-order valence-electron chi connectivity index (χ1n) is 19.2. The summed E-state index contributed by atoms with van der Waals surface area (Å²) in [5.74, 6) is 0. The van der Waals surface area contributed by atoms with Crippen LogP contribution >= 0.6 is 0 Å². The molecule has 0 spiro atoms. The molecule has 4 nitrogen and oxygen atoms in total. The number of anilines is 1. The first-order valence-corrected chi connectivity index (χ1v) is 19.2. The summed E-state index contributed by atoms with van der Waals surface area (Å²) in [6, 6.07) is 52.1. The van der Waals surface area contributed by atoms with Crippen molar-refractivity contribution < 1.29 is 0 Å². The molecule has 8 aromatic rings. The average Bonchev–Trinajstić information content (AvgIpc) is 3.26. The Morgan fingerprint density at radius 1 is 0.571 bits per heavy atom. The maximum absolute atomic E-state index is 8.79. The lowest BCUT2D eigenvalue weighted by Crippen LogP contribution is -2.14. The molecule has 0 bridgehead atoms. The van der Waals surface area contributed by atoms with E-state index in [1.54, 1.807) is 0 Å². The fourth-order valence-electron chi connectivity index (χ4n) is 8.40. The minimum atomic E-state index is 0.341. The van der Waals surface area contributed by atoms with Gasteiger partial charge in [-0.2, -0.15) is 0 Å². The molecule has 4 heteroatoms. The highest BCUT2D eigenvalue weighted by Gasteiger charge is 2.19. The van der Waals surface area contributed by atoms with E-state index in [1.165, 1.54) is 60.3 Å². The van der Waals surface area contributed by atoms with Gasteiger partial charge in [0.25, 0.3) is 0 Å². The maximum atomic E-state index is 8.79. The van der Waals surface area contributed by atoms with Crippen LogP contribution in [0.15, 0.2) is 181 Å². The number of pyridine rings is 1. The van der Waals surface area contributed by atoms with Gasteiger partial charge in [-0.05, 0) is 121 Å². The van der Waals surface area contributed by atoms with E-state index in [0.29, 0.717) is 18.1 Å². The minimum absolute atomic E-state index is 0.341. The molecule has 0 radical (unpaired) electrons. The lowest BCUT2D eigenvalue weighted by atomic mass is 9.84. The SMILES string of the molecule is N=C1C=CC(c2ccc3c(-c4ccccc4)c4ccccc4c(-c4ccccc4)c3c2)=CC1=NCNc1ccc(-c2cnc3c(c2)CCC=C3)c2ccccc12. The van der Waals surface area contributed by atoms with Gasteiger partial charge in [0.2, 0.25) is 0 Å². The summed E-state index contributed by atoms with van der Waals surface area (Å²) in [6.07, 6.45) is 14.3. The second-order valence-electron chi connectivity index (χ2n) is 14.4. The Labute approximate surface area is 326 Å². The van der Waals surface area contributed by atoms with Crippen LogP contribution in [0.3, 0.4) is 0 Å². The van der Waals surface area contributed by atoms with Crippen LogP contribution < -0.4 is 5.32 Å². The van der Waals surface area contributed by atoms with Gasteiger partial charge in [0.15, 0.2) is 0 Å². The van der Waals surface area contributed by atoms with Crippen LogP contribution in [0.25, 0.3) is 77.3 Å². The highest BCUT2D eigenvalue weighted by molar-refractivity contribution is 6.51. The summed E-state index contributed by atoms with van der Waals surface area (Å²) >= 11 is 0. The van der Waals surface area contributed by atoms with Crippen LogP contribution in [-0.4, -0.2) is 23.1 Å². The average molecular weight is 719 g/mol. The largest absolute Gasteiger partial charge is 0.366 e. The number of aryl methyl sites for hydroxylation is 1. The van der Waals surface area contributed by atoms with Crippen LogP contribution in [-0.2, 0) is 6.42 Å². The van der Waals surface area contributed by atoms with Crippen molar-refractivity contribution in [1.29, 1.82) is 5.41 Å². The summed E-state index contributed by atoms with van der Waals surface area (Å²) in [4.78, 5) is 9.70. The Bertz CT molecular complexity index is 2970. The second kappa shape index (κ2) is 14.2. The number of hydrogen-bond acceptors (Lipinski definition) is 4. The zero-order valence-corrected chi connectivity index (χ0v) is 30.8. The maximum Gasteiger partial charge on any atom is 0.108 e. The number of aliphatic imine (C=N–C) groups is 1. The van der Waals surface area contributed by atoms with Crippen molar-refractivity contribution in [2.24, 2.45) is 4.99 Å². The predicted molar refractivity (Wildman–Crippen MR) is 238 cm³/mol. The normalized spacial score (nSPS) is 14.4. The molecule has 0 fully saturated rings. The van der Waals surface area contributed by atoms with Crippen LogP contribution in [0.1, 0.15) is 23.2 Å². The quantitative estimate of drug-likeness (QED) is 0.127. The van der Waals surface area contributed by atoms with E-state index in [4.69, 9.17) is 15.4 Å². The number of aromatic nitrogens is 1. The van der Waals surface area contributed by atoms with E-state index >= 15 is 0 Å².